The van der Waals surface area contributed by atoms with Crippen LogP contribution < -0.4 is 0 Å². The highest BCUT2D eigenvalue weighted by Gasteiger charge is 2.06. The lowest BCUT2D eigenvalue weighted by molar-refractivity contribution is 0.0600. The number of carbonyl (C=O) groups excluding carboxylic acids is 1. The van der Waals surface area contributed by atoms with Gasteiger partial charge < -0.3 is 14.4 Å². The molecule has 5 nitrogen and oxygen atoms in total. The first kappa shape index (κ1) is 12.3. The van der Waals surface area contributed by atoms with Crippen molar-refractivity contribution in [2.24, 2.45) is 0 Å². The van der Waals surface area contributed by atoms with Crippen molar-refractivity contribution >= 4 is 5.97 Å². The molecule has 5 heteroatoms. The fourth-order valence-electron chi connectivity index (χ4n) is 1.68. The van der Waals surface area contributed by atoms with Crippen LogP contribution in [0.3, 0.4) is 0 Å². The van der Waals surface area contributed by atoms with E-state index in [1.807, 2.05) is 22.9 Å². The summed E-state index contributed by atoms with van der Waals surface area (Å²) in [7, 11) is 1.34. The molecule has 0 amide bonds. The Hall–Kier alpha value is -2.14. The molecular formula is C13H14N2O3. The lowest BCUT2D eigenvalue weighted by Crippen LogP contribution is -2.06. The molecule has 2 rings (SSSR count). The first-order valence-electron chi connectivity index (χ1n) is 5.52. The maximum atomic E-state index is 11.2. The predicted octanol–water partition coefficient (Wildman–Crippen LogP) is 1.21. The molecule has 18 heavy (non-hydrogen) atoms. The van der Waals surface area contributed by atoms with Crippen LogP contribution in [0.1, 0.15) is 21.7 Å². The molecule has 0 spiro atoms. The maximum absolute atomic E-state index is 11.2. The van der Waals surface area contributed by atoms with Crippen molar-refractivity contribution in [2.45, 2.75) is 13.2 Å². The standard InChI is InChI=1S/C13H14N2O3/c1-18-13(17)10-4-5-11(14-7-10)8-15-6-2-3-12(15)9-16/h2-7,16H,8-9H2,1H3. The zero-order chi connectivity index (χ0) is 13.0. The van der Waals surface area contributed by atoms with Gasteiger partial charge in [0.15, 0.2) is 0 Å². The lowest BCUT2D eigenvalue weighted by Gasteiger charge is -2.07. The Morgan fingerprint density at radius 1 is 1.44 bits per heavy atom. The van der Waals surface area contributed by atoms with Crippen LogP contribution in [0, 0.1) is 0 Å². The summed E-state index contributed by atoms with van der Waals surface area (Å²) in [5.74, 6) is -0.397. The second kappa shape index (κ2) is 5.46. The molecule has 94 valence electrons. The van der Waals surface area contributed by atoms with Crippen LogP contribution in [-0.2, 0) is 17.9 Å². The average Bonchev–Trinajstić information content (AvgIpc) is 2.86. The van der Waals surface area contributed by atoms with Crippen LogP contribution in [-0.4, -0.2) is 27.7 Å². The number of methoxy groups -OCH3 is 1. The Morgan fingerprint density at radius 3 is 2.89 bits per heavy atom. The summed E-state index contributed by atoms with van der Waals surface area (Å²) in [6.45, 7) is 0.553. The summed E-state index contributed by atoms with van der Waals surface area (Å²) in [5, 5.41) is 9.13. The summed E-state index contributed by atoms with van der Waals surface area (Å²) < 4.78 is 6.50. The number of rotatable bonds is 4. The van der Waals surface area contributed by atoms with E-state index in [0.717, 1.165) is 11.4 Å². The molecule has 0 bridgehead atoms. The van der Waals surface area contributed by atoms with Crippen molar-refractivity contribution in [1.29, 1.82) is 0 Å². The first-order chi connectivity index (χ1) is 8.74. The molecular weight excluding hydrogens is 232 g/mol. The Bertz CT molecular complexity index is 531. The summed E-state index contributed by atoms with van der Waals surface area (Å²) in [6, 6.07) is 7.17. The van der Waals surface area contributed by atoms with Crippen LogP contribution in [0.4, 0.5) is 0 Å². The van der Waals surface area contributed by atoms with Crippen LogP contribution in [0.25, 0.3) is 0 Å². The zero-order valence-electron chi connectivity index (χ0n) is 10.0. The van der Waals surface area contributed by atoms with Crippen molar-refractivity contribution in [3.8, 4) is 0 Å². The fourth-order valence-corrected chi connectivity index (χ4v) is 1.68. The molecule has 0 radical (unpaired) electrons. The molecule has 2 heterocycles. The van der Waals surface area contributed by atoms with Crippen molar-refractivity contribution in [1.82, 2.24) is 9.55 Å². The number of pyridine rings is 1. The number of nitrogens with zero attached hydrogens (tertiary/aromatic N) is 2. The minimum atomic E-state index is -0.397. The van der Waals surface area contributed by atoms with E-state index in [2.05, 4.69) is 9.72 Å². The summed E-state index contributed by atoms with van der Waals surface area (Å²) >= 11 is 0. The summed E-state index contributed by atoms with van der Waals surface area (Å²) in [6.07, 6.45) is 3.37. The number of hydrogen-bond donors (Lipinski definition) is 1. The lowest BCUT2D eigenvalue weighted by atomic mass is 10.2. The zero-order valence-corrected chi connectivity index (χ0v) is 10.0. The third kappa shape index (κ3) is 2.57. The second-order valence-electron chi connectivity index (χ2n) is 3.82. The number of carbonyl (C=O) groups is 1. The molecule has 0 unspecified atom stereocenters. The Labute approximate surface area is 105 Å². The van der Waals surface area contributed by atoms with Crippen molar-refractivity contribution in [3.05, 3.63) is 53.6 Å². The van der Waals surface area contributed by atoms with Gasteiger partial charge in [-0.2, -0.15) is 0 Å². The van der Waals surface area contributed by atoms with Gasteiger partial charge in [-0.25, -0.2) is 4.79 Å². The van der Waals surface area contributed by atoms with E-state index in [1.165, 1.54) is 13.3 Å². The van der Waals surface area contributed by atoms with E-state index >= 15 is 0 Å². The molecule has 2 aromatic heterocycles. The number of hydrogen-bond acceptors (Lipinski definition) is 4. The Balaban J connectivity index is 2.13. The summed E-state index contributed by atoms with van der Waals surface area (Å²) in [4.78, 5) is 15.4. The van der Waals surface area contributed by atoms with Crippen molar-refractivity contribution in [2.75, 3.05) is 7.11 Å². The smallest absolute Gasteiger partial charge is 0.339 e. The average molecular weight is 246 g/mol. The van der Waals surface area contributed by atoms with Gasteiger partial charge in [0.25, 0.3) is 0 Å². The molecule has 0 aliphatic heterocycles. The molecule has 0 fully saturated rings. The van der Waals surface area contributed by atoms with Gasteiger partial charge in [0.1, 0.15) is 0 Å². The van der Waals surface area contributed by atoms with Gasteiger partial charge in [0.05, 0.1) is 31.5 Å². The van der Waals surface area contributed by atoms with Crippen LogP contribution in [0.2, 0.25) is 0 Å². The van der Waals surface area contributed by atoms with Crippen molar-refractivity contribution < 1.29 is 14.6 Å². The van der Waals surface area contributed by atoms with E-state index in [1.54, 1.807) is 12.1 Å². The minimum Gasteiger partial charge on any atom is -0.465 e. The first-order valence-corrected chi connectivity index (χ1v) is 5.52. The quantitative estimate of drug-likeness (QED) is 0.823. The molecule has 0 aliphatic carbocycles. The predicted molar refractivity (Wildman–Crippen MR) is 65.0 cm³/mol. The van der Waals surface area contributed by atoms with E-state index in [9.17, 15) is 4.79 Å². The molecule has 0 saturated carbocycles. The van der Waals surface area contributed by atoms with E-state index in [4.69, 9.17) is 5.11 Å². The molecule has 0 atom stereocenters. The monoisotopic (exact) mass is 246 g/mol. The number of esters is 1. The van der Waals surface area contributed by atoms with Gasteiger partial charge in [0.2, 0.25) is 0 Å². The molecule has 0 aromatic carbocycles. The van der Waals surface area contributed by atoms with E-state index < -0.39 is 5.97 Å². The normalized spacial score (nSPS) is 10.3. The van der Waals surface area contributed by atoms with E-state index in [0.29, 0.717) is 12.1 Å². The third-order valence-corrected chi connectivity index (χ3v) is 2.66. The van der Waals surface area contributed by atoms with Crippen LogP contribution in [0.5, 0.6) is 0 Å². The second-order valence-corrected chi connectivity index (χ2v) is 3.82. The highest BCUT2D eigenvalue weighted by atomic mass is 16.5. The van der Waals surface area contributed by atoms with Gasteiger partial charge in [-0.05, 0) is 24.3 Å². The highest BCUT2D eigenvalue weighted by molar-refractivity contribution is 5.88. The highest BCUT2D eigenvalue weighted by Crippen LogP contribution is 2.07. The minimum absolute atomic E-state index is 0.00670. The Kier molecular flexibility index (Phi) is 3.74. The van der Waals surface area contributed by atoms with Gasteiger partial charge in [-0.15, -0.1) is 0 Å². The van der Waals surface area contributed by atoms with Crippen LogP contribution >= 0.6 is 0 Å². The molecule has 0 aliphatic rings. The number of aromatic nitrogens is 2. The van der Waals surface area contributed by atoms with Gasteiger partial charge in [-0.3, -0.25) is 4.98 Å². The van der Waals surface area contributed by atoms with Gasteiger partial charge >= 0.3 is 5.97 Å². The van der Waals surface area contributed by atoms with Crippen molar-refractivity contribution in [3.63, 3.8) is 0 Å². The van der Waals surface area contributed by atoms with E-state index in [-0.39, 0.29) is 6.61 Å². The summed E-state index contributed by atoms with van der Waals surface area (Å²) in [5.41, 5.74) is 2.07. The number of aliphatic hydroxyl groups excluding tert-OH is 1. The third-order valence-electron chi connectivity index (χ3n) is 2.66. The largest absolute Gasteiger partial charge is 0.465 e. The maximum Gasteiger partial charge on any atom is 0.339 e. The molecule has 1 N–H and O–H groups in total. The number of aliphatic hydroxyl groups is 1. The SMILES string of the molecule is COC(=O)c1ccc(Cn2cccc2CO)nc1. The molecule has 2 aromatic rings. The van der Waals surface area contributed by atoms with Gasteiger partial charge in [0, 0.05) is 18.1 Å². The number of ether oxygens (including phenoxy) is 1. The van der Waals surface area contributed by atoms with Gasteiger partial charge in [-0.1, -0.05) is 0 Å². The topological polar surface area (TPSA) is 64.3 Å². The molecule has 0 saturated heterocycles. The fraction of sp³-hybridized carbons (Fsp3) is 0.231. The van der Waals surface area contributed by atoms with Crippen LogP contribution in [0.15, 0.2) is 36.7 Å². The Morgan fingerprint density at radius 2 is 2.28 bits per heavy atom.